The van der Waals surface area contributed by atoms with Gasteiger partial charge in [-0.25, -0.2) is 4.79 Å². The zero-order valence-corrected chi connectivity index (χ0v) is 21.5. The number of amides is 2. The number of rotatable bonds is 7. The second kappa shape index (κ2) is 11.3. The molecule has 4 rings (SSSR count). The lowest BCUT2D eigenvalue weighted by Gasteiger charge is -2.30. The minimum absolute atomic E-state index is 0.0275. The van der Waals surface area contributed by atoms with Crippen LogP contribution in [0.15, 0.2) is 60.8 Å². The molecule has 0 spiro atoms. The van der Waals surface area contributed by atoms with E-state index in [2.05, 4.69) is 15.6 Å². The fraction of sp³-hybridized carbons (Fsp3) is 0.167. The summed E-state index contributed by atoms with van der Waals surface area (Å²) in [6, 6.07) is 8.48. The van der Waals surface area contributed by atoms with Crippen LogP contribution in [0.5, 0.6) is 5.75 Å². The van der Waals surface area contributed by atoms with Gasteiger partial charge in [0, 0.05) is 6.20 Å². The molecule has 0 bridgehead atoms. The molecule has 0 saturated carbocycles. The monoisotopic (exact) mass is 593 g/mol. The molecule has 2 unspecified atom stereocenters. The summed E-state index contributed by atoms with van der Waals surface area (Å²) < 4.78 is 55.5. The summed E-state index contributed by atoms with van der Waals surface area (Å²) in [5, 5.41) is 24.3. The largest absolute Gasteiger partial charge is 0.547 e. The van der Waals surface area contributed by atoms with E-state index < -0.39 is 61.9 Å². The molecule has 2 atom stereocenters. The highest BCUT2D eigenvalue weighted by atomic mass is 31.2. The van der Waals surface area contributed by atoms with Gasteiger partial charge in [0.2, 0.25) is 5.91 Å². The van der Waals surface area contributed by atoms with Crippen molar-refractivity contribution in [2.75, 3.05) is 0 Å². The van der Waals surface area contributed by atoms with Gasteiger partial charge in [-0.15, -0.1) is 0 Å². The van der Waals surface area contributed by atoms with E-state index in [1.165, 1.54) is 18.2 Å². The van der Waals surface area contributed by atoms with Crippen LogP contribution in [-0.2, 0) is 22.0 Å². The van der Waals surface area contributed by atoms with E-state index in [1.807, 2.05) is 0 Å². The molecule has 2 amide bonds. The molecular formula is C24H20BF3N3O9P. The van der Waals surface area contributed by atoms with Gasteiger partial charge in [0.05, 0.1) is 22.4 Å². The summed E-state index contributed by atoms with van der Waals surface area (Å²) >= 11 is 0. The molecule has 0 radical (unpaired) electrons. The van der Waals surface area contributed by atoms with Gasteiger partial charge in [0.1, 0.15) is 17.5 Å². The van der Waals surface area contributed by atoms with E-state index in [0.29, 0.717) is 17.8 Å². The number of carbonyl (C=O) groups is 3. The Morgan fingerprint density at radius 2 is 1.76 bits per heavy atom. The number of alkyl halides is 3. The first-order valence-electron chi connectivity index (χ1n) is 11.7. The van der Waals surface area contributed by atoms with Crippen LogP contribution in [0, 0.1) is 0 Å². The minimum atomic E-state index is -4.70. The molecule has 0 saturated heterocycles. The van der Waals surface area contributed by atoms with Crippen molar-refractivity contribution in [3.63, 3.8) is 0 Å². The van der Waals surface area contributed by atoms with Crippen LogP contribution in [0.2, 0.25) is 0 Å². The number of para-hydroxylation sites is 1. The van der Waals surface area contributed by atoms with Crippen molar-refractivity contribution in [1.29, 1.82) is 0 Å². The van der Waals surface area contributed by atoms with Crippen LogP contribution in [0.3, 0.4) is 0 Å². The Morgan fingerprint density at radius 1 is 1.07 bits per heavy atom. The number of benzene rings is 2. The van der Waals surface area contributed by atoms with Gasteiger partial charge < -0.3 is 35.2 Å². The first kappa shape index (κ1) is 29.7. The van der Waals surface area contributed by atoms with Gasteiger partial charge in [-0.2, -0.15) is 13.2 Å². The van der Waals surface area contributed by atoms with Crippen LogP contribution in [0.25, 0.3) is 0 Å². The molecule has 6 N–H and O–H groups in total. The van der Waals surface area contributed by atoms with Crippen molar-refractivity contribution in [2.24, 2.45) is 0 Å². The molecular weight excluding hydrogens is 573 g/mol. The molecule has 2 aromatic carbocycles. The molecule has 0 fully saturated rings. The summed E-state index contributed by atoms with van der Waals surface area (Å²) in [4.78, 5) is 59.9. The van der Waals surface area contributed by atoms with Gasteiger partial charge in [-0.05, 0) is 47.9 Å². The van der Waals surface area contributed by atoms with E-state index in [0.717, 1.165) is 30.3 Å². The highest BCUT2D eigenvalue weighted by molar-refractivity contribution is 7.60. The topological polar surface area (TPSA) is 195 Å². The summed E-state index contributed by atoms with van der Waals surface area (Å²) in [6.07, 6.45) is -4.32. The maximum atomic E-state index is 13.4. The third-order valence-corrected chi connectivity index (χ3v) is 7.07. The number of aromatic nitrogens is 1. The number of halogens is 3. The molecule has 1 aliphatic heterocycles. The van der Waals surface area contributed by atoms with Gasteiger partial charge in [0.25, 0.3) is 5.91 Å². The summed E-state index contributed by atoms with van der Waals surface area (Å²) in [5.74, 6) is -4.48. The Morgan fingerprint density at radius 3 is 2.32 bits per heavy atom. The van der Waals surface area contributed by atoms with Crippen molar-refractivity contribution in [3.8, 4) is 5.75 Å². The van der Waals surface area contributed by atoms with E-state index >= 15 is 0 Å². The van der Waals surface area contributed by atoms with Crippen molar-refractivity contribution >= 4 is 37.8 Å². The molecule has 2 heterocycles. The highest BCUT2D eigenvalue weighted by Gasteiger charge is 2.39. The molecule has 41 heavy (non-hydrogen) atoms. The van der Waals surface area contributed by atoms with E-state index in [-0.39, 0.29) is 28.6 Å². The van der Waals surface area contributed by atoms with Gasteiger partial charge in [-0.3, -0.25) is 19.1 Å². The highest BCUT2D eigenvalue weighted by Crippen LogP contribution is 2.34. The number of aromatic carboxylic acids is 1. The van der Waals surface area contributed by atoms with Crippen LogP contribution < -0.4 is 20.6 Å². The van der Waals surface area contributed by atoms with Crippen molar-refractivity contribution in [1.82, 2.24) is 15.6 Å². The third-order valence-electron chi connectivity index (χ3n) is 6.10. The molecule has 1 aliphatic rings. The number of nitrogens with one attached hydrogen (secondary N) is 2. The Balaban J connectivity index is 1.60. The van der Waals surface area contributed by atoms with Crippen molar-refractivity contribution < 1.29 is 56.7 Å². The quantitative estimate of drug-likeness (QED) is 0.171. The number of nitrogens with zero attached hydrogens (tertiary/aromatic N) is 1. The predicted molar refractivity (Wildman–Crippen MR) is 135 cm³/mol. The van der Waals surface area contributed by atoms with E-state index in [9.17, 15) is 52.0 Å². The van der Waals surface area contributed by atoms with Crippen LogP contribution in [0.1, 0.15) is 43.6 Å². The standard InChI is InChI=1S/C24H20BF3N3O9P/c26-24(27,28)14-6-9-17(29-11-14)21(32)31-19(12-4-7-15(8-5-12)41(37,38)39)22(33)30-18-10-13-2-1-3-16(23(34)35)20(13)40-25(18)36/h1-9,11,18-19,36H,10H2,(H,30,33)(H,31,32)(H,34,35)(H2,37,38,39). The number of carbonyl (C=O) groups excluding carboxylic acids is 2. The molecule has 0 aliphatic carbocycles. The predicted octanol–water partition coefficient (Wildman–Crippen LogP) is 1.21. The molecule has 1 aromatic heterocycles. The molecule has 3 aromatic rings. The average Bonchev–Trinajstić information content (AvgIpc) is 2.90. The maximum Gasteiger partial charge on any atom is 0.547 e. The Labute approximate surface area is 229 Å². The van der Waals surface area contributed by atoms with Gasteiger partial charge >= 0.3 is 26.9 Å². The van der Waals surface area contributed by atoms with Crippen LogP contribution in [-0.4, -0.2) is 55.7 Å². The maximum absolute atomic E-state index is 13.4. The number of carboxylic acids is 1. The number of carboxylic acid groups (broad SMARTS) is 1. The number of pyridine rings is 1. The van der Waals surface area contributed by atoms with E-state index in [4.69, 9.17) is 4.65 Å². The summed E-state index contributed by atoms with van der Waals surface area (Å²) in [5.41, 5.74) is -1.38. The van der Waals surface area contributed by atoms with Crippen LogP contribution >= 0.6 is 7.60 Å². The number of hydrogen-bond donors (Lipinski definition) is 6. The lowest BCUT2D eigenvalue weighted by atomic mass is 9.72. The molecule has 17 heteroatoms. The fourth-order valence-electron chi connectivity index (χ4n) is 4.04. The Kier molecular flexibility index (Phi) is 8.22. The zero-order valence-electron chi connectivity index (χ0n) is 20.6. The average molecular weight is 593 g/mol. The second-order valence-corrected chi connectivity index (χ2v) is 10.5. The smallest absolute Gasteiger partial charge is 0.534 e. The third kappa shape index (κ3) is 6.74. The first-order valence-corrected chi connectivity index (χ1v) is 13.3. The Hall–Kier alpha value is -4.24. The van der Waals surface area contributed by atoms with Gasteiger partial charge in [0.15, 0.2) is 0 Å². The van der Waals surface area contributed by atoms with E-state index in [1.54, 1.807) is 0 Å². The van der Waals surface area contributed by atoms with Crippen LogP contribution in [0.4, 0.5) is 13.2 Å². The lowest BCUT2D eigenvalue weighted by molar-refractivity contribution is -0.137. The zero-order chi connectivity index (χ0) is 30.1. The van der Waals surface area contributed by atoms with Crippen molar-refractivity contribution in [3.05, 3.63) is 88.7 Å². The summed E-state index contributed by atoms with van der Waals surface area (Å²) in [6.45, 7) is 0. The first-order chi connectivity index (χ1) is 19.1. The lowest BCUT2D eigenvalue weighted by Crippen LogP contribution is -2.55. The fourth-order valence-corrected chi connectivity index (χ4v) is 4.58. The normalized spacial score (nSPS) is 15.8. The second-order valence-electron chi connectivity index (χ2n) is 8.90. The molecule has 12 nitrogen and oxygen atoms in total. The Bertz CT molecular complexity index is 1530. The number of fused-ring (bicyclic) bond motifs is 1. The number of hydrogen-bond acceptors (Lipinski definition) is 7. The SMILES string of the molecule is O=C(NC(C(=O)NC1Cc2cccc(C(=O)O)c2OB1O)c1ccc(P(=O)(O)O)cc1)c1ccc(C(F)(F)F)cn1. The summed E-state index contributed by atoms with van der Waals surface area (Å²) in [7, 11) is -6.34. The molecule has 214 valence electrons. The minimum Gasteiger partial charge on any atom is -0.534 e. The van der Waals surface area contributed by atoms with Gasteiger partial charge in [-0.1, -0.05) is 24.3 Å². The van der Waals surface area contributed by atoms with Crippen molar-refractivity contribution in [2.45, 2.75) is 24.6 Å².